The molecule has 3 aromatic carbocycles. The first-order valence-corrected chi connectivity index (χ1v) is 8.73. The van der Waals surface area contributed by atoms with Crippen molar-refractivity contribution in [2.45, 2.75) is 12.0 Å². The molecule has 1 aliphatic heterocycles. The molecule has 0 radical (unpaired) electrons. The van der Waals surface area contributed by atoms with Gasteiger partial charge in [0.25, 0.3) is 0 Å². The summed E-state index contributed by atoms with van der Waals surface area (Å²) in [5, 5.41) is 0. The van der Waals surface area contributed by atoms with Crippen LogP contribution < -0.4 is 0 Å². The molecule has 2 heterocycles. The van der Waals surface area contributed by atoms with Gasteiger partial charge in [-0.15, -0.1) is 0 Å². The monoisotopic (exact) mass is 340 g/mol. The van der Waals surface area contributed by atoms with Gasteiger partial charge < -0.3 is 4.57 Å². The quantitative estimate of drug-likeness (QED) is 0.511. The third-order valence-corrected chi connectivity index (χ3v) is 5.29. The zero-order valence-corrected chi connectivity index (χ0v) is 14.1. The van der Waals surface area contributed by atoms with Crippen molar-refractivity contribution in [1.82, 2.24) is 9.55 Å². The van der Waals surface area contributed by atoms with E-state index >= 15 is 0 Å². The molecular weight excluding hydrogens is 323 g/mol. The molecule has 0 bridgehead atoms. The van der Waals surface area contributed by atoms with Crippen LogP contribution in [0, 0.1) is 5.82 Å². The third-order valence-electron chi connectivity index (χ3n) is 5.29. The van der Waals surface area contributed by atoms with E-state index in [0.29, 0.717) is 0 Å². The molecule has 26 heavy (non-hydrogen) atoms. The normalized spacial score (nSPS) is 17.7. The van der Waals surface area contributed by atoms with Gasteiger partial charge in [0, 0.05) is 24.4 Å². The lowest BCUT2D eigenvalue weighted by Gasteiger charge is -2.34. The Morgan fingerprint density at radius 3 is 2.38 bits per heavy atom. The number of rotatable bonds is 3. The lowest BCUT2D eigenvalue weighted by atomic mass is 9.78. The Bertz CT molecular complexity index is 1070. The van der Waals surface area contributed by atoms with Crippen LogP contribution in [0.2, 0.25) is 0 Å². The second-order valence-corrected chi connectivity index (χ2v) is 6.70. The van der Waals surface area contributed by atoms with Crippen LogP contribution in [0.1, 0.15) is 16.7 Å². The molecule has 0 saturated carbocycles. The minimum absolute atomic E-state index is 0.222. The Morgan fingerprint density at radius 2 is 1.58 bits per heavy atom. The summed E-state index contributed by atoms with van der Waals surface area (Å²) in [7, 11) is 0. The van der Waals surface area contributed by atoms with Crippen LogP contribution in [-0.4, -0.2) is 9.55 Å². The lowest BCUT2D eigenvalue weighted by molar-refractivity contribution is 0.449. The average Bonchev–Trinajstić information content (AvgIpc) is 3.26. The van der Waals surface area contributed by atoms with Gasteiger partial charge in [-0.3, -0.25) is 0 Å². The number of imidazole rings is 1. The molecule has 2 nitrogen and oxygen atoms in total. The van der Waals surface area contributed by atoms with Gasteiger partial charge in [0.05, 0.1) is 0 Å². The molecular formula is C23H17FN2. The number of hydrogen-bond acceptors (Lipinski definition) is 1. The molecule has 0 fully saturated rings. The molecule has 0 spiro atoms. The third kappa shape index (κ3) is 2.07. The van der Waals surface area contributed by atoms with Crippen LogP contribution in [0.3, 0.4) is 0 Å². The molecule has 5 rings (SSSR count). The Kier molecular flexibility index (Phi) is 3.29. The molecule has 0 aliphatic carbocycles. The van der Waals surface area contributed by atoms with Crippen LogP contribution >= 0.6 is 0 Å². The second-order valence-electron chi connectivity index (χ2n) is 6.70. The van der Waals surface area contributed by atoms with Crippen LogP contribution in [-0.2, 0) is 12.0 Å². The van der Waals surface area contributed by atoms with Gasteiger partial charge in [-0.25, -0.2) is 9.37 Å². The van der Waals surface area contributed by atoms with Gasteiger partial charge in [0.2, 0.25) is 0 Å². The number of nitrogens with zero attached hydrogens (tertiary/aromatic N) is 2. The van der Waals surface area contributed by atoms with Crippen LogP contribution in [0.15, 0.2) is 91.3 Å². The van der Waals surface area contributed by atoms with E-state index in [1.165, 1.54) is 11.1 Å². The maximum absolute atomic E-state index is 13.6. The smallest absolute Gasteiger partial charge is 0.141 e. The molecule has 1 aromatic heterocycles. The maximum Gasteiger partial charge on any atom is 0.141 e. The summed E-state index contributed by atoms with van der Waals surface area (Å²) in [5.41, 5.74) is 4.20. The van der Waals surface area contributed by atoms with E-state index < -0.39 is 5.54 Å². The van der Waals surface area contributed by atoms with Crippen molar-refractivity contribution < 1.29 is 4.39 Å². The van der Waals surface area contributed by atoms with Gasteiger partial charge >= 0.3 is 0 Å². The van der Waals surface area contributed by atoms with Gasteiger partial charge in [-0.2, -0.15) is 0 Å². The van der Waals surface area contributed by atoms with E-state index in [1.807, 2.05) is 36.7 Å². The predicted octanol–water partition coefficient (Wildman–Crippen LogP) is 5.04. The van der Waals surface area contributed by atoms with E-state index in [4.69, 9.17) is 0 Å². The zero-order chi connectivity index (χ0) is 17.6. The van der Waals surface area contributed by atoms with Crippen molar-refractivity contribution in [3.05, 3.63) is 114 Å². The summed E-state index contributed by atoms with van der Waals surface area (Å²) in [6, 6.07) is 25.7. The number of aromatic nitrogens is 2. The first kappa shape index (κ1) is 15.1. The molecule has 1 atom stereocenters. The Balaban J connectivity index is 1.82. The first-order valence-electron chi connectivity index (χ1n) is 8.73. The minimum atomic E-state index is -0.433. The largest absolute Gasteiger partial charge is 0.316 e. The highest BCUT2D eigenvalue weighted by Gasteiger charge is 2.44. The highest BCUT2D eigenvalue weighted by Crippen LogP contribution is 2.48. The molecule has 0 N–H and O–H groups in total. The van der Waals surface area contributed by atoms with E-state index in [2.05, 4.69) is 52.0 Å². The summed E-state index contributed by atoms with van der Waals surface area (Å²) in [6.07, 6.45) is 4.65. The maximum atomic E-state index is 13.6. The van der Waals surface area contributed by atoms with Crippen molar-refractivity contribution in [2.75, 3.05) is 0 Å². The van der Waals surface area contributed by atoms with Crippen LogP contribution in [0.25, 0.3) is 11.4 Å². The van der Waals surface area contributed by atoms with E-state index in [-0.39, 0.29) is 5.82 Å². The van der Waals surface area contributed by atoms with Crippen LogP contribution in [0.5, 0.6) is 0 Å². The molecule has 4 aromatic rings. The fourth-order valence-electron chi connectivity index (χ4n) is 4.17. The fraction of sp³-hybridized carbons (Fsp3) is 0.0870. The zero-order valence-electron chi connectivity index (χ0n) is 14.1. The first-order chi connectivity index (χ1) is 12.8. The molecule has 0 saturated heterocycles. The number of fused-ring (bicyclic) bond motifs is 3. The Labute approximate surface area is 151 Å². The second kappa shape index (κ2) is 5.67. The summed E-state index contributed by atoms with van der Waals surface area (Å²) in [5.74, 6) is 0.738. The van der Waals surface area contributed by atoms with Gasteiger partial charge in [0.1, 0.15) is 17.2 Å². The fourth-order valence-corrected chi connectivity index (χ4v) is 4.17. The summed E-state index contributed by atoms with van der Waals surface area (Å²) >= 11 is 0. The molecule has 1 aliphatic rings. The van der Waals surface area contributed by atoms with Gasteiger partial charge in [-0.1, -0.05) is 66.7 Å². The minimum Gasteiger partial charge on any atom is -0.316 e. The van der Waals surface area contributed by atoms with Gasteiger partial charge in [-0.05, 0) is 28.8 Å². The van der Waals surface area contributed by atoms with E-state index in [9.17, 15) is 4.39 Å². The number of hydrogen-bond donors (Lipinski definition) is 0. The topological polar surface area (TPSA) is 17.8 Å². The van der Waals surface area contributed by atoms with Crippen molar-refractivity contribution in [2.24, 2.45) is 0 Å². The molecule has 1 unspecified atom stereocenters. The number of halogens is 1. The van der Waals surface area contributed by atoms with Gasteiger partial charge in [0.15, 0.2) is 0 Å². The van der Waals surface area contributed by atoms with Crippen molar-refractivity contribution >= 4 is 0 Å². The SMILES string of the molecule is Fc1ccc(C2(Cc3ccccc3)c3ccccc3-c3nccn32)cc1. The van der Waals surface area contributed by atoms with Crippen LogP contribution in [0.4, 0.5) is 4.39 Å². The van der Waals surface area contributed by atoms with Crippen molar-refractivity contribution in [3.63, 3.8) is 0 Å². The summed E-state index contributed by atoms with van der Waals surface area (Å²) < 4.78 is 15.9. The summed E-state index contributed by atoms with van der Waals surface area (Å²) in [4.78, 5) is 4.61. The Morgan fingerprint density at radius 1 is 0.846 bits per heavy atom. The van der Waals surface area contributed by atoms with E-state index in [1.54, 1.807) is 12.1 Å². The van der Waals surface area contributed by atoms with E-state index in [0.717, 1.165) is 23.4 Å². The standard InChI is InChI=1S/C23H17FN2/c24-19-12-10-18(11-13-19)23(16-17-6-2-1-3-7-17)21-9-5-4-8-20(21)22-25-14-15-26(22)23/h1-15H,16H2. The lowest BCUT2D eigenvalue weighted by Crippen LogP contribution is -2.35. The highest BCUT2D eigenvalue weighted by atomic mass is 19.1. The average molecular weight is 340 g/mol. The van der Waals surface area contributed by atoms with Crippen molar-refractivity contribution in [1.29, 1.82) is 0 Å². The summed E-state index contributed by atoms with van der Waals surface area (Å²) in [6.45, 7) is 0. The molecule has 126 valence electrons. The highest BCUT2D eigenvalue weighted by molar-refractivity contribution is 5.71. The van der Waals surface area contributed by atoms with Crippen molar-refractivity contribution in [3.8, 4) is 11.4 Å². The molecule has 3 heteroatoms. The number of benzene rings is 3. The molecule has 0 amide bonds. The Hall–Kier alpha value is -3.20. The predicted molar refractivity (Wildman–Crippen MR) is 100 cm³/mol.